The van der Waals surface area contributed by atoms with Gasteiger partial charge >= 0.3 is 237 Å². The number of benzene rings is 4. The van der Waals surface area contributed by atoms with Crippen LogP contribution in [0, 0.1) is 0 Å². The Bertz CT molecular complexity index is 1230. The molecule has 0 aliphatic carbocycles. The van der Waals surface area contributed by atoms with Gasteiger partial charge in [0.1, 0.15) is 0 Å². The van der Waals surface area contributed by atoms with Gasteiger partial charge in [0.2, 0.25) is 0 Å². The maximum absolute atomic E-state index is 10.4. The molecule has 1 fully saturated rings. The van der Waals surface area contributed by atoms with Crippen LogP contribution in [0.1, 0.15) is 16.7 Å². The molecule has 1 N–H and O–H groups in total. The first-order chi connectivity index (χ1) is 19.3. The van der Waals surface area contributed by atoms with E-state index in [4.69, 9.17) is 18.9 Å². The summed E-state index contributed by atoms with van der Waals surface area (Å²) in [5, 5.41) is 10.2. The predicted octanol–water partition coefficient (Wildman–Crippen LogP) is 4.49. The molecule has 0 saturated carbocycles. The summed E-state index contributed by atoms with van der Waals surface area (Å²) >= 11 is -0.0746. The van der Waals surface area contributed by atoms with Crippen LogP contribution in [0.5, 0.6) is 0 Å². The van der Waals surface area contributed by atoms with Crippen LogP contribution >= 0.6 is 0 Å². The second-order valence-corrected chi connectivity index (χ2v) is 11.9. The number of hydrogen-bond donors (Lipinski definition) is 1. The summed E-state index contributed by atoms with van der Waals surface area (Å²) in [6, 6.07) is 40.6. The molecule has 0 bridgehead atoms. The zero-order chi connectivity index (χ0) is 26.7. The van der Waals surface area contributed by atoms with Crippen LogP contribution in [0.25, 0.3) is 0 Å². The van der Waals surface area contributed by atoms with E-state index in [1.165, 1.54) is 4.46 Å². The van der Waals surface area contributed by atoms with Crippen LogP contribution in [-0.2, 0) is 38.8 Å². The molecule has 5 nitrogen and oxygen atoms in total. The van der Waals surface area contributed by atoms with Gasteiger partial charge < -0.3 is 0 Å². The monoisotopic (exact) mass is 590 g/mol. The Balaban J connectivity index is 1.44. The van der Waals surface area contributed by atoms with E-state index < -0.39 is 24.4 Å². The third kappa shape index (κ3) is 7.87. The van der Waals surface area contributed by atoms with Crippen molar-refractivity contribution in [1.29, 1.82) is 0 Å². The second kappa shape index (κ2) is 14.5. The summed E-state index contributed by atoms with van der Waals surface area (Å²) in [4.78, 5) is 0. The summed E-state index contributed by atoms with van der Waals surface area (Å²) in [6.07, 6.45) is -1.89. The summed E-state index contributed by atoms with van der Waals surface area (Å²) in [5.41, 5.74) is 3.20. The number of ether oxygens (including phenoxy) is 4. The molecule has 0 unspecified atom stereocenters. The number of rotatable bonds is 12. The van der Waals surface area contributed by atoms with Gasteiger partial charge in [0.15, 0.2) is 0 Å². The van der Waals surface area contributed by atoms with Gasteiger partial charge in [0, 0.05) is 0 Å². The van der Waals surface area contributed by atoms with E-state index >= 15 is 0 Å². The van der Waals surface area contributed by atoms with Gasteiger partial charge in [-0.05, 0) is 0 Å². The zero-order valence-corrected chi connectivity index (χ0v) is 23.5. The van der Waals surface area contributed by atoms with Crippen LogP contribution in [0.2, 0.25) is 0 Å². The summed E-state index contributed by atoms with van der Waals surface area (Å²) in [6.45, 7) is 1.05. The Morgan fingerprint density at radius 1 is 0.538 bits per heavy atom. The first kappa shape index (κ1) is 27.8. The first-order valence-electron chi connectivity index (χ1n) is 13.2. The minimum absolute atomic E-state index is 0.0746. The molecule has 1 aliphatic rings. The fourth-order valence-electron chi connectivity index (χ4n) is 4.62. The van der Waals surface area contributed by atoms with Crippen LogP contribution in [0.3, 0.4) is 0 Å². The first-order valence-corrected chi connectivity index (χ1v) is 15.1. The summed E-state index contributed by atoms with van der Waals surface area (Å²) in [7, 11) is 0. The Morgan fingerprint density at radius 2 is 0.949 bits per heavy atom. The van der Waals surface area contributed by atoms with Crippen molar-refractivity contribution in [2.75, 3.05) is 6.61 Å². The van der Waals surface area contributed by atoms with Gasteiger partial charge in [0.05, 0.1) is 0 Å². The Morgan fingerprint density at radius 3 is 1.41 bits per heavy atom. The third-order valence-electron chi connectivity index (χ3n) is 6.62. The average Bonchev–Trinajstić information content (AvgIpc) is 3.00. The third-order valence-corrected chi connectivity index (χ3v) is 9.05. The van der Waals surface area contributed by atoms with Crippen molar-refractivity contribution < 1.29 is 24.1 Å². The van der Waals surface area contributed by atoms with Gasteiger partial charge in [-0.2, -0.15) is 0 Å². The quantitative estimate of drug-likeness (QED) is 0.247. The van der Waals surface area contributed by atoms with E-state index in [1.807, 2.05) is 97.1 Å². The number of aliphatic hydroxyl groups is 1. The van der Waals surface area contributed by atoms with Crippen molar-refractivity contribution >= 4 is 19.4 Å². The molecule has 1 aliphatic heterocycles. The molecule has 0 aromatic heterocycles. The molecule has 39 heavy (non-hydrogen) atoms. The van der Waals surface area contributed by atoms with E-state index in [0.29, 0.717) is 19.8 Å². The zero-order valence-electron chi connectivity index (χ0n) is 21.8. The summed E-state index contributed by atoms with van der Waals surface area (Å²) in [5.74, 6) is 0. The fraction of sp³-hybridized carbons (Fsp3) is 0.273. The predicted molar refractivity (Wildman–Crippen MR) is 153 cm³/mol. The fourth-order valence-corrected chi connectivity index (χ4v) is 7.03. The Kier molecular flexibility index (Phi) is 10.4. The van der Waals surface area contributed by atoms with E-state index in [-0.39, 0.29) is 26.6 Å². The molecule has 1 saturated heterocycles. The van der Waals surface area contributed by atoms with Crippen molar-refractivity contribution in [1.82, 2.24) is 0 Å². The molecule has 5 rings (SSSR count). The van der Waals surface area contributed by atoms with Gasteiger partial charge in [-0.15, -0.1) is 0 Å². The molecule has 5 atom stereocenters. The molecule has 0 radical (unpaired) electrons. The van der Waals surface area contributed by atoms with E-state index in [0.717, 1.165) is 16.7 Å². The van der Waals surface area contributed by atoms with Gasteiger partial charge in [-0.1, -0.05) is 0 Å². The van der Waals surface area contributed by atoms with E-state index in [2.05, 4.69) is 24.3 Å². The minimum atomic E-state index is -0.540. The van der Waals surface area contributed by atoms with Gasteiger partial charge in [-0.3, -0.25) is 0 Å². The van der Waals surface area contributed by atoms with Crippen LogP contribution in [0.4, 0.5) is 0 Å². The van der Waals surface area contributed by atoms with E-state index in [1.54, 1.807) is 0 Å². The van der Waals surface area contributed by atoms with Crippen molar-refractivity contribution in [3.05, 3.63) is 138 Å². The number of aliphatic hydroxyl groups excluding tert-OH is 1. The molecule has 6 heteroatoms. The topological polar surface area (TPSA) is 57.2 Å². The van der Waals surface area contributed by atoms with Crippen LogP contribution < -0.4 is 4.46 Å². The molecule has 202 valence electrons. The number of hydrogen-bond acceptors (Lipinski definition) is 5. The molecular weight excluding hydrogens is 555 g/mol. The molecule has 4 aromatic carbocycles. The molecule has 4 aromatic rings. The summed E-state index contributed by atoms with van der Waals surface area (Å²) < 4.78 is 27.5. The maximum atomic E-state index is 10.4. The van der Waals surface area contributed by atoms with Gasteiger partial charge in [0.25, 0.3) is 0 Å². The van der Waals surface area contributed by atoms with Crippen LogP contribution in [0.15, 0.2) is 121 Å². The Hall–Kier alpha value is -2.80. The van der Waals surface area contributed by atoms with Crippen molar-refractivity contribution in [3.8, 4) is 0 Å². The van der Waals surface area contributed by atoms with Crippen molar-refractivity contribution in [3.63, 3.8) is 0 Å². The standard InChI is InChI=1S/C33H34O5Se/c34-21-29-30(35-22-25-13-5-1-6-14-25)31(36-23-26-15-7-2-8-16-26)32(37-24-27-17-9-3-10-18-27)33(38-29)39-28-19-11-4-12-20-28/h1-20,29-34H,21-24H2/t29-,30-,31+,32+,33-/m1/s1. The molecule has 0 spiro atoms. The second-order valence-electron chi connectivity index (χ2n) is 9.44. The van der Waals surface area contributed by atoms with Crippen molar-refractivity contribution in [2.24, 2.45) is 0 Å². The van der Waals surface area contributed by atoms with Crippen molar-refractivity contribution in [2.45, 2.75) is 49.2 Å². The van der Waals surface area contributed by atoms with E-state index in [9.17, 15) is 5.11 Å². The van der Waals surface area contributed by atoms with Crippen LogP contribution in [-0.4, -0.2) is 56.1 Å². The molecule has 1 heterocycles. The normalized spacial score (nSPS) is 22.9. The Labute approximate surface area is 236 Å². The SMILES string of the molecule is OC[C@H]1O[C@H]([Se]c2ccccc2)[C@@H](OCc2ccccc2)[C@@H](OCc2ccccc2)[C@@H]1OCc1ccccc1. The molecular formula is C33H34O5Se. The average molecular weight is 590 g/mol. The van der Waals surface area contributed by atoms with Gasteiger partial charge in [-0.25, -0.2) is 0 Å². The molecule has 0 amide bonds.